The van der Waals surface area contributed by atoms with E-state index in [1.807, 2.05) is 13.0 Å². The summed E-state index contributed by atoms with van der Waals surface area (Å²) in [6.07, 6.45) is 0. The van der Waals surface area contributed by atoms with E-state index >= 15 is 0 Å². The number of aromatic nitrogens is 2. The van der Waals surface area contributed by atoms with Gasteiger partial charge in [-0.05, 0) is 12.8 Å². The van der Waals surface area contributed by atoms with Crippen molar-refractivity contribution in [1.82, 2.24) is 10.2 Å². The Balaban J connectivity index is 3.05. The molecule has 0 bridgehead atoms. The molecule has 0 aromatic carbocycles. The van der Waals surface area contributed by atoms with Gasteiger partial charge >= 0.3 is 0 Å². The van der Waals surface area contributed by atoms with Gasteiger partial charge in [0, 0.05) is 6.07 Å². The Morgan fingerprint density at radius 3 is 2.50 bits per heavy atom. The van der Waals surface area contributed by atoms with E-state index in [1.165, 1.54) is 0 Å². The first-order valence-corrected chi connectivity index (χ1v) is 4.03. The molecular weight excluding hydrogens is 152 g/mol. The van der Waals surface area contributed by atoms with Crippen LogP contribution in [0.4, 0.5) is 0 Å². The SMILES string of the molecule is COc1cc(C(C)C)nnc1C. The minimum Gasteiger partial charge on any atom is -0.495 e. The van der Waals surface area contributed by atoms with E-state index in [0.717, 1.165) is 17.1 Å². The molecule has 1 heterocycles. The van der Waals surface area contributed by atoms with Gasteiger partial charge in [0.2, 0.25) is 0 Å². The van der Waals surface area contributed by atoms with E-state index in [2.05, 4.69) is 24.0 Å². The highest BCUT2D eigenvalue weighted by Gasteiger charge is 2.05. The zero-order valence-electron chi connectivity index (χ0n) is 7.96. The summed E-state index contributed by atoms with van der Waals surface area (Å²) in [4.78, 5) is 0. The molecule has 3 nitrogen and oxygen atoms in total. The Hall–Kier alpha value is -1.12. The maximum Gasteiger partial charge on any atom is 0.143 e. The Morgan fingerprint density at radius 1 is 1.33 bits per heavy atom. The molecule has 1 aromatic heterocycles. The van der Waals surface area contributed by atoms with E-state index in [0.29, 0.717) is 5.92 Å². The Morgan fingerprint density at radius 2 is 2.00 bits per heavy atom. The maximum atomic E-state index is 5.13. The molecule has 0 saturated heterocycles. The maximum absolute atomic E-state index is 5.13. The number of methoxy groups -OCH3 is 1. The summed E-state index contributed by atoms with van der Waals surface area (Å²) in [5.41, 5.74) is 1.80. The van der Waals surface area contributed by atoms with E-state index in [9.17, 15) is 0 Å². The van der Waals surface area contributed by atoms with Crippen LogP contribution in [0.1, 0.15) is 31.2 Å². The fourth-order valence-corrected chi connectivity index (χ4v) is 0.938. The molecule has 12 heavy (non-hydrogen) atoms. The third kappa shape index (κ3) is 1.72. The molecule has 1 rings (SSSR count). The lowest BCUT2D eigenvalue weighted by Gasteiger charge is -2.07. The highest BCUT2D eigenvalue weighted by atomic mass is 16.5. The molecule has 0 atom stereocenters. The summed E-state index contributed by atoms with van der Waals surface area (Å²) in [6.45, 7) is 6.05. The molecule has 0 aliphatic carbocycles. The smallest absolute Gasteiger partial charge is 0.143 e. The first-order valence-electron chi connectivity index (χ1n) is 4.03. The quantitative estimate of drug-likeness (QED) is 0.673. The number of aryl methyl sites for hydroxylation is 1. The monoisotopic (exact) mass is 166 g/mol. The number of hydrogen-bond acceptors (Lipinski definition) is 3. The van der Waals surface area contributed by atoms with E-state index in [-0.39, 0.29) is 0 Å². The largest absolute Gasteiger partial charge is 0.495 e. The first kappa shape index (κ1) is 8.97. The lowest BCUT2D eigenvalue weighted by molar-refractivity contribution is 0.406. The van der Waals surface area contributed by atoms with Crippen molar-refractivity contribution < 1.29 is 4.74 Å². The molecule has 0 spiro atoms. The first-order chi connectivity index (χ1) is 5.65. The second-order valence-corrected chi connectivity index (χ2v) is 3.08. The van der Waals surface area contributed by atoms with Gasteiger partial charge < -0.3 is 4.74 Å². The average molecular weight is 166 g/mol. The van der Waals surface area contributed by atoms with Crippen LogP contribution in [0.3, 0.4) is 0 Å². The second kappa shape index (κ2) is 3.52. The molecule has 66 valence electrons. The minimum absolute atomic E-state index is 0.395. The van der Waals surface area contributed by atoms with Crippen LogP contribution in [-0.2, 0) is 0 Å². The third-order valence-electron chi connectivity index (χ3n) is 1.76. The highest BCUT2D eigenvalue weighted by molar-refractivity contribution is 5.27. The van der Waals surface area contributed by atoms with E-state index in [1.54, 1.807) is 7.11 Å². The van der Waals surface area contributed by atoms with Crippen LogP contribution >= 0.6 is 0 Å². The predicted octanol–water partition coefficient (Wildman–Crippen LogP) is 1.92. The highest BCUT2D eigenvalue weighted by Crippen LogP contribution is 2.19. The van der Waals surface area contributed by atoms with Gasteiger partial charge in [0.1, 0.15) is 11.4 Å². The number of rotatable bonds is 2. The van der Waals surface area contributed by atoms with Crippen LogP contribution in [0.25, 0.3) is 0 Å². The summed E-state index contributed by atoms with van der Waals surface area (Å²) in [5, 5.41) is 8.05. The van der Waals surface area contributed by atoms with Crippen LogP contribution < -0.4 is 4.74 Å². The summed E-state index contributed by atoms with van der Waals surface area (Å²) in [7, 11) is 1.65. The van der Waals surface area contributed by atoms with Gasteiger partial charge in [-0.3, -0.25) is 0 Å². The molecule has 0 saturated carbocycles. The summed E-state index contributed by atoms with van der Waals surface area (Å²) in [5.74, 6) is 1.21. The summed E-state index contributed by atoms with van der Waals surface area (Å²) in [6, 6.07) is 1.94. The zero-order chi connectivity index (χ0) is 9.14. The lowest BCUT2D eigenvalue weighted by Crippen LogP contribution is -1.99. The topological polar surface area (TPSA) is 35.0 Å². The van der Waals surface area contributed by atoms with Crippen LogP contribution in [0, 0.1) is 6.92 Å². The van der Waals surface area contributed by atoms with Crippen molar-refractivity contribution in [2.45, 2.75) is 26.7 Å². The van der Waals surface area contributed by atoms with Crippen molar-refractivity contribution in [3.05, 3.63) is 17.5 Å². The minimum atomic E-state index is 0.395. The molecule has 0 unspecified atom stereocenters. The number of nitrogens with zero attached hydrogens (tertiary/aromatic N) is 2. The van der Waals surface area contributed by atoms with Gasteiger partial charge in [-0.25, -0.2) is 0 Å². The molecule has 0 amide bonds. The van der Waals surface area contributed by atoms with Crippen molar-refractivity contribution in [2.75, 3.05) is 7.11 Å². The normalized spacial score (nSPS) is 10.4. The van der Waals surface area contributed by atoms with Gasteiger partial charge in [0.05, 0.1) is 12.8 Å². The molecule has 3 heteroatoms. The molecule has 1 aromatic rings. The molecule has 0 aliphatic rings. The van der Waals surface area contributed by atoms with Gasteiger partial charge in [-0.1, -0.05) is 13.8 Å². The standard InChI is InChI=1S/C9H14N2O/c1-6(2)8-5-9(12-4)7(3)10-11-8/h5-6H,1-4H3. The van der Waals surface area contributed by atoms with Gasteiger partial charge in [-0.2, -0.15) is 10.2 Å². The van der Waals surface area contributed by atoms with Crippen LogP contribution in [0.5, 0.6) is 5.75 Å². The summed E-state index contributed by atoms with van der Waals surface area (Å²) < 4.78 is 5.13. The van der Waals surface area contributed by atoms with Crippen molar-refractivity contribution >= 4 is 0 Å². The van der Waals surface area contributed by atoms with E-state index < -0.39 is 0 Å². The number of ether oxygens (including phenoxy) is 1. The number of hydrogen-bond donors (Lipinski definition) is 0. The Bertz CT molecular complexity index is 271. The Kier molecular flexibility index (Phi) is 2.63. The van der Waals surface area contributed by atoms with E-state index in [4.69, 9.17) is 4.74 Å². The van der Waals surface area contributed by atoms with Crippen LogP contribution in [0.2, 0.25) is 0 Å². The fourth-order valence-electron chi connectivity index (χ4n) is 0.938. The fraction of sp³-hybridized carbons (Fsp3) is 0.556. The third-order valence-corrected chi connectivity index (χ3v) is 1.76. The van der Waals surface area contributed by atoms with Crippen molar-refractivity contribution in [1.29, 1.82) is 0 Å². The van der Waals surface area contributed by atoms with Gasteiger partial charge in [0.15, 0.2) is 0 Å². The molecule has 0 aliphatic heterocycles. The zero-order valence-corrected chi connectivity index (χ0v) is 7.96. The summed E-state index contributed by atoms with van der Waals surface area (Å²) >= 11 is 0. The van der Waals surface area contributed by atoms with Crippen molar-refractivity contribution in [2.24, 2.45) is 0 Å². The second-order valence-electron chi connectivity index (χ2n) is 3.08. The molecule has 0 N–H and O–H groups in total. The van der Waals surface area contributed by atoms with Gasteiger partial charge in [0.25, 0.3) is 0 Å². The molecule has 0 fully saturated rings. The van der Waals surface area contributed by atoms with Crippen LogP contribution in [-0.4, -0.2) is 17.3 Å². The van der Waals surface area contributed by atoms with Crippen molar-refractivity contribution in [3.63, 3.8) is 0 Å². The lowest BCUT2D eigenvalue weighted by atomic mass is 10.1. The van der Waals surface area contributed by atoms with Gasteiger partial charge in [-0.15, -0.1) is 0 Å². The Labute approximate surface area is 72.8 Å². The van der Waals surface area contributed by atoms with Crippen LogP contribution in [0.15, 0.2) is 6.07 Å². The molecular formula is C9H14N2O. The predicted molar refractivity (Wildman–Crippen MR) is 47.4 cm³/mol. The average Bonchev–Trinajstić information content (AvgIpc) is 2.05. The van der Waals surface area contributed by atoms with Crippen molar-refractivity contribution in [3.8, 4) is 5.75 Å². The molecule has 0 radical (unpaired) electrons.